The van der Waals surface area contributed by atoms with Crippen molar-refractivity contribution in [3.63, 3.8) is 0 Å². The fourth-order valence-electron chi connectivity index (χ4n) is 3.44. The van der Waals surface area contributed by atoms with Crippen LogP contribution in [0.25, 0.3) is 0 Å². The van der Waals surface area contributed by atoms with Crippen molar-refractivity contribution < 1.29 is 14.3 Å². The van der Waals surface area contributed by atoms with Gasteiger partial charge in [-0.3, -0.25) is 19.9 Å². The highest BCUT2D eigenvalue weighted by Gasteiger charge is 2.30. The van der Waals surface area contributed by atoms with Gasteiger partial charge in [-0.05, 0) is 55.7 Å². The molecule has 2 heterocycles. The van der Waals surface area contributed by atoms with Crippen LogP contribution in [0, 0.1) is 0 Å². The van der Waals surface area contributed by atoms with E-state index in [9.17, 15) is 9.59 Å². The average Bonchev–Trinajstić information content (AvgIpc) is 3.20. The fraction of sp³-hybridized carbons (Fsp3) is 0.273. The standard InChI is InChI=1S/C22H22N4O3S/c1-29-16-10-8-14(9-11-16)20(27)26-22-25-19-17(6-4-7-18(19)30-22)21(28)24-13-15-5-2-3-12-23-15/h2-3,5,8-12,17H,4,6-7,13H2,1H3,(H,24,28)(H,25,26,27). The molecule has 0 bridgehead atoms. The molecule has 0 spiro atoms. The van der Waals surface area contributed by atoms with Crippen LogP contribution in [-0.2, 0) is 17.8 Å². The van der Waals surface area contributed by atoms with Crippen molar-refractivity contribution in [1.29, 1.82) is 0 Å². The Bertz CT molecular complexity index is 1030. The first-order valence-corrected chi connectivity index (χ1v) is 10.6. The van der Waals surface area contributed by atoms with Gasteiger partial charge < -0.3 is 10.1 Å². The van der Waals surface area contributed by atoms with Crippen molar-refractivity contribution >= 4 is 28.3 Å². The number of carbonyl (C=O) groups is 2. The third-order valence-electron chi connectivity index (χ3n) is 5.01. The van der Waals surface area contributed by atoms with Gasteiger partial charge in [0.1, 0.15) is 5.75 Å². The third-order valence-corrected chi connectivity index (χ3v) is 6.06. The van der Waals surface area contributed by atoms with E-state index in [1.54, 1.807) is 37.6 Å². The number of carbonyl (C=O) groups excluding carboxylic acids is 2. The lowest BCUT2D eigenvalue weighted by atomic mass is 9.90. The predicted octanol–water partition coefficient (Wildman–Crippen LogP) is 3.54. The lowest BCUT2D eigenvalue weighted by Crippen LogP contribution is -2.31. The molecule has 30 heavy (non-hydrogen) atoms. The van der Waals surface area contributed by atoms with Crippen molar-refractivity contribution in [3.05, 3.63) is 70.5 Å². The molecule has 2 N–H and O–H groups in total. The molecule has 2 amide bonds. The number of aromatic nitrogens is 2. The predicted molar refractivity (Wildman–Crippen MR) is 115 cm³/mol. The van der Waals surface area contributed by atoms with Crippen molar-refractivity contribution in [1.82, 2.24) is 15.3 Å². The molecule has 0 radical (unpaired) electrons. The summed E-state index contributed by atoms with van der Waals surface area (Å²) in [5, 5.41) is 6.34. The summed E-state index contributed by atoms with van der Waals surface area (Å²) in [6, 6.07) is 12.5. The van der Waals surface area contributed by atoms with E-state index in [1.165, 1.54) is 11.3 Å². The number of hydrogen-bond acceptors (Lipinski definition) is 6. The molecule has 8 heteroatoms. The number of nitrogens with one attached hydrogen (secondary N) is 2. The minimum absolute atomic E-state index is 0.0556. The van der Waals surface area contributed by atoms with E-state index in [1.807, 2.05) is 18.2 Å². The summed E-state index contributed by atoms with van der Waals surface area (Å²) in [4.78, 5) is 35.2. The van der Waals surface area contributed by atoms with E-state index < -0.39 is 0 Å². The Balaban J connectivity index is 1.44. The van der Waals surface area contributed by atoms with Gasteiger partial charge in [0.15, 0.2) is 5.13 Å². The zero-order chi connectivity index (χ0) is 20.9. The SMILES string of the molecule is COc1ccc(C(=O)Nc2nc3c(s2)CCCC3C(=O)NCc2ccccn2)cc1. The van der Waals surface area contributed by atoms with Crippen LogP contribution in [0.2, 0.25) is 0 Å². The van der Waals surface area contributed by atoms with Crippen molar-refractivity contribution in [2.24, 2.45) is 0 Å². The Morgan fingerprint density at radius 2 is 2.03 bits per heavy atom. The van der Waals surface area contributed by atoms with Crippen LogP contribution in [0.4, 0.5) is 5.13 Å². The monoisotopic (exact) mass is 422 g/mol. The molecule has 2 aromatic heterocycles. The molecular weight excluding hydrogens is 400 g/mol. The van der Waals surface area contributed by atoms with Crippen LogP contribution in [0.15, 0.2) is 48.7 Å². The number of methoxy groups -OCH3 is 1. The molecule has 1 aliphatic rings. The molecule has 0 aliphatic heterocycles. The Hall–Kier alpha value is -3.26. The number of aryl methyl sites for hydroxylation is 1. The number of ether oxygens (including phenoxy) is 1. The molecule has 3 aromatic rings. The van der Waals surface area contributed by atoms with Crippen LogP contribution in [0.3, 0.4) is 0 Å². The van der Waals surface area contributed by atoms with Crippen LogP contribution >= 0.6 is 11.3 Å². The first kappa shape index (κ1) is 20.0. The maximum absolute atomic E-state index is 12.8. The molecule has 0 fully saturated rings. The molecule has 1 aliphatic carbocycles. The van der Waals surface area contributed by atoms with E-state index >= 15 is 0 Å². The van der Waals surface area contributed by atoms with Crippen molar-refractivity contribution in [2.75, 3.05) is 12.4 Å². The number of hydrogen-bond donors (Lipinski definition) is 2. The summed E-state index contributed by atoms with van der Waals surface area (Å²) in [5.74, 6) is 0.0935. The van der Waals surface area contributed by atoms with Crippen LogP contribution < -0.4 is 15.4 Å². The van der Waals surface area contributed by atoms with Crippen LogP contribution in [0.1, 0.15) is 45.4 Å². The lowest BCUT2D eigenvalue weighted by molar-refractivity contribution is -0.123. The summed E-state index contributed by atoms with van der Waals surface area (Å²) >= 11 is 1.44. The van der Waals surface area contributed by atoms with Gasteiger partial charge in [0.2, 0.25) is 5.91 Å². The summed E-state index contributed by atoms with van der Waals surface area (Å²) in [7, 11) is 1.58. The number of thiazole rings is 1. The van der Waals surface area contributed by atoms with Gasteiger partial charge in [-0.25, -0.2) is 4.98 Å². The maximum Gasteiger partial charge on any atom is 0.257 e. The Morgan fingerprint density at radius 1 is 1.20 bits per heavy atom. The zero-order valence-corrected chi connectivity index (χ0v) is 17.4. The van der Waals surface area contributed by atoms with Gasteiger partial charge in [0, 0.05) is 16.6 Å². The van der Waals surface area contributed by atoms with E-state index in [-0.39, 0.29) is 17.7 Å². The Labute approximate surface area is 178 Å². The molecule has 7 nitrogen and oxygen atoms in total. The fourth-order valence-corrected chi connectivity index (χ4v) is 4.50. The quantitative estimate of drug-likeness (QED) is 0.634. The number of rotatable bonds is 6. The molecular formula is C22H22N4O3S. The highest BCUT2D eigenvalue weighted by molar-refractivity contribution is 7.16. The summed E-state index contributed by atoms with van der Waals surface area (Å²) in [6.45, 7) is 0.386. The highest BCUT2D eigenvalue weighted by Crippen LogP contribution is 2.37. The smallest absolute Gasteiger partial charge is 0.257 e. The van der Waals surface area contributed by atoms with Crippen molar-refractivity contribution in [2.45, 2.75) is 31.7 Å². The molecule has 154 valence electrons. The number of amides is 2. The molecule has 4 rings (SSSR count). The van der Waals surface area contributed by atoms with Gasteiger partial charge in [-0.1, -0.05) is 6.07 Å². The van der Waals surface area contributed by atoms with E-state index in [2.05, 4.69) is 20.6 Å². The van der Waals surface area contributed by atoms with E-state index in [0.29, 0.717) is 23.0 Å². The van der Waals surface area contributed by atoms with E-state index in [4.69, 9.17) is 4.74 Å². The Kier molecular flexibility index (Phi) is 6.04. The molecule has 0 saturated carbocycles. The second-order valence-corrected chi connectivity index (χ2v) is 8.08. The largest absolute Gasteiger partial charge is 0.497 e. The number of fused-ring (bicyclic) bond motifs is 1. The van der Waals surface area contributed by atoms with Gasteiger partial charge in [-0.2, -0.15) is 0 Å². The normalized spacial score (nSPS) is 15.2. The topological polar surface area (TPSA) is 93.2 Å². The first-order chi connectivity index (χ1) is 14.6. The second kappa shape index (κ2) is 9.04. The van der Waals surface area contributed by atoms with Crippen LogP contribution in [0.5, 0.6) is 5.75 Å². The minimum atomic E-state index is -0.305. The van der Waals surface area contributed by atoms with Crippen LogP contribution in [-0.4, -0.2) is 28.9 Å². The zero-order valence-electron chi connectivity index (χ0n) is 16.6. The average molecular weight is 423 g/mol. The molecule has 0 saturated heterocycles. The summed E-state index contributed by atoms with van der Waals surface area (Å²) in [5.41, 5.74) is 2.11. The number of nitrogens with zero attached hydrogens (tertiary/aromatic N) is 2. The number of benzene rings is 1. The van der Waals surface area contributed by atoms with E-state index in [0.717, 1.165) is 35.5 Å². The third kappa shape index (κ3) is 4.49. The number of pyridine rings is 1. The molecule has 1 aromatic carbocycles. The maximum atomic E-state index is 12.8. The summed E-state index contributed by atoms with van der Waals surface area (Å²) in [6.07, 6.45) is 4.24. The van der Waals surface area contributed by atoms with Gasteiger partial charge in [0.25, 0.3) is 5.91 Å². The lowest BCUT2D eigenvalue weighted by Gasteiger charge is -2.20. The van der Waals surface area contributed by atoms with Gasteiger partial charge in [-0.15, -0.1) is 11.3 Å². The van der Waals surface area contributed by atoms with Gasteiger partial charge >= 0.3 is 0 Å². The summed E-state index contributed by atoms with van der Waals surface area (Å²) < 4.78 is 5.12. The first-order valence-electron chi connectivity index (χ1n) is 9.76. The van der Waals surface area contributed by atoms with Gasteiger partial charge in [0.05, 0.1) is 31.0 Å². The molecule has 1 unspecified atom stereocenters. The Morgan fingerprint density at radius 3 is 2.77 bits per heavy atom. The van der Waals surface area contributed by atoms with Crippen molar-refractivity contribution in [3.8, 4) is 5.75 Å². The minimum Gasteiger partial charge on any atom is -0.497 e. The molecule has 1 atom stereocenters. The second-order valence-electron chi connectivity index (χ2n) is 6.99. The number of anilines is 1. The highest BCUT2D eigenvalue weighted by atomic mass is 32.1.